The van der Waals surface area contributed by atoms with Crippen molar-refractivity contribution in [2.75, 3.05) is 0 Å². The third-order valence-electron chi connectivity index (χ3n) is 5.64. The molecule has 2 saturated carbocycles. The maximum Gasteiger partial charge on any atom is 0.0905 e. The van der Waals surface area contributed by atoms with Gasteiger partial charge in [0.1, 0.15) is 0 Å². The summed E-state index contributed by atoms with van der Waals surface area (Å²) in [5.74, 6) is 2.33. The second kappa shape index (κ2) is 4.30. The number of hydroxylamine groups is 2. The molecule has 92 valence electrons. The molecule has 0 aromatic heterocycles. The van der Waals surface area contributed by atoms with E-state index in [9.17, 15) is 5.21 Å². The van der Waals surface area contributed by atoms with Crippen LogP contribution in [0.15, 0.2) is 0 Å². The van der Waals surface area contributed by atoms with Crippen molar-refractivity contribution in [3.63, 3.8) is 0 Å². The number of hydrogen-bond acceptors (Lipinski definition) is 1. The Kier molecular flexibility index (Phi) is 2.97. The molecule has 3 fully saturated rings. The summed E-state index contributed by atoms with van der Waals surface area (Å²) >= 11 is 0. The van der Waals surface area contributed by atoms with E-state index in [1.54, 1.807) is 0 Å². The summed E-state index contributed by atoms with van der Waals surface area (Å²) in [5, 5.41) is 13.2. The minimum absolute atomic E-state index is 0.461. The van der Waals surface area contributed by atoms with Crippen LogP contribution in [0.3, 0.4) is 0 Å². The predicted octanol–water partition coefficient (Wildman–Crippen LogP) is 2.14. The standard InChI is InChI=1S/C14H25NO/c1-10-5-4-8-14-12(10)9-11-6-2-3-7-13(11)15(14)16/h10-15H,2-9H2,1H3. The first-order chi connectivity index (χ1) is 7.77. The highest BCUT2D eigenvalue weighted by atomic mass is 16.5. The van der Waals surface area contributed by atoms with Crippen molar-refractivity contribution in [2.45, 2.75) is 70.4 Å². The SMILES string of the molecule is CC1CCCC2C1CC1CCCCC1[NH+]2[O-]. The van der Waals surface area contributed by atoms with E-state index in [1.807, 2.05) is 0 Å². The fourth-order valence-corrected chi connectivity index (χ4v) is 4.72. The van der Waals surface area contributed by atoms with Gasteiger partial charge in [0.15, 0.2) is 0 Å². The van der Waals surface area contributed by atoms with Gasteiger partial charge in [-0.25, -0.2) is 0 Å². The summed E-state index contributed by atoms with van der Waals surface area (Å²) in [4.78, 5) is 0. The van der Waals surface area contributed by atoms with Crippen LogP contribution in [-0.2, 0) is 0 Å². The summed E-state index contributed by atoms with van der Waals surface area (Å²) in [5.41, 5.74) is 0. The van der Waals surface area contributed by atoms with E-state index < -0.39 is 0 Å². The van der Waals surface area contributed by atoms with E-state index in [2.05, 4.69) is 6.92 Å². The van der Waals surface area contributed by atoms with Gasteiger partial charge in [-0.05, 0) is 50.9 Å². The van der Waals surface area contributed by atoms with Gasteiger partial charge in [-0.3, -0.25) is 0 Å². The van der Waals surface area contributed by atoms with Gasteiger partial charge in [-0.2, -0.15) is 0 Å². The third kappa shape index (κ3) is 1.70. The highest BCUT2D eigenvalue weighted by Crippen LogP contribution is 2.40. The van der Waals surface area contributed by atoms with Crippen LogP contribution in [0.2, 0.25) is 0 Å². The van der Waals surface area contributed by atoms with E-state index in [0.717, 1.165) is 17.8 Å². The number of quaternary nitrogens is 1. The van der Waals surface area contributed by atoms with Gasteiger partial charge < -0.3 is 10.3 Å². The van der Waals surface area contributed by atoms with Crippen molar-refractivity contribution in [1.29, 1.82) is 0 Å². The van der Waals surface area contributed by atoms with Gasteiger partial charge in [-0.15, -0.1) is 0 Å². The molecule has 2 heteroatoms. The molecule has 3 rings (SSSR count). The van der Waals surface area contributed by atoms with Crippen molar-refractivity contribution in [3.8, 4) is 0 Å². The zero-order valence-electron chi connectivity index (χ0n) is 10.5. The molecule has 6 atom stereocenters. The number of piperidine rings is 1. The Morgan fingerprint density at radius 1 is 0.938 bits per heavy atom. The normalized spacial score (nSPS) is 52.9. The maximum absolute atomic E-state index is 12.5. The number of nitrogens with one attached hydrogen (secondary N) is 1. The Balaban J connectivity index is 1.79. The average Bonchev–Trinajstić information content (AvgIpc) is 2.31. The average molecular weight is 223 g/mol. The molecule has 16 heavy (non-hydrogen) atoms. The topological polar surface area (TPSA) is 27.5 Å². The number of fused-ring (bicyclic) bond motifs is 2. The molecule has 1 aliphatic heterocycles. The summed E-state index contributed by atoms with van der Waals surface area (Å²) < 4.78 is 0. The number of rotatable bonds is 0. The summed E-state index contributed by atoms with van der Waals surface area (Å²) in [7, 11) is 0. The lowest BCUT2D eigenvalue weighted by Crippen LogP contribution is -3.18. The largest absolute Gasteiger partial charge is 0.634 e. The number of hydrogen-bond donors (Lipinski definition) is 1. The zero-order chi connectivity index (χ0) is 11.1. The Morgan fingerprint density at radius 2 is 1.69 bits per heavy atom. The lowest BCUT2D eigenvalue weighted by Gasteiger charge is -2.54. The maximum atomic E-state index is 12.5. The summed E-state index contributed by atoms with van der Waals surface area (Å²) in [6.07, 6.45) is 10.5. The molecule has 6 unspecified atom stereocenters. The van der Waals surface area contributed by atoms with Gasteiger partial charge in [0.2, 0.25) is 0 Å². The second-order valence-corrected chi connectivity index (χ2v) is 6.47. The van der Waals surface area contributed by atoms with Crippen molar-refractivity contribution in [1.82, 2.24) is 0 Å². The van der Waals surface area contributed by atoms with Gasteiger partial charge >= 0.3 is 0 Å². The van der Waals surface area contributed by atoms with Crippen LogP contribution in [0.4, 0.5) is 0 Å². The molecular weight excluding hydrogens is 198 g/mol. The van der Waals surface area contributed by atoms with E-state index in [4.69, 9.17) is 0 Å². The van der Waals surface area contributed by atoms with Crippen molar-refractivity contribution in [3.05, 3.63) is 5.21 Å². The molecule has 0 aromatic carbocycles. The molecule has 2 nitrogen and oxygen atoms in total. The molecule has 2 aliphatic carbocycles. The van der Waals surface area contributed by atoms with E-state index in [0.29, 0.717) is 17.1 Å². The van der Waals surface area contributed by atoms with Crippen molar-refractivity contribution < 1.29 is 5.06 Å². The molecule has 1 saturated heterocycles. The fourth-order valence-electron chi connectivity index (χ4n) is 4.72. The first-order valence-electron chi connectivity index (χ1n) is 7.31. The quantitative estimate of drug-likeness (QED) is 0.626. The lowest BCUT2D eigenvalue weighted by molar-refractivity contribution is -0.920. The predicted molar refractivity (Wildman–Crippen MR) is 65.0 cm³/mol. The van der Waals surface area contributed by atoms with Gasteiger partial charge in [0, 0.05) is 11.8 Å². The van der Waals surface area contributed by atoms with E-state index >= 15 is 0 Å². The van der Waals surface area contributed by atoms with Crippen LogP contribution < -0.4 is 5.06 Å². The van der Waals surface area contributed by atoms with E-state index in [1.165, 1.54) is 51.4 Å². The molecule has 0 bridgehead atoms. The molecule has 0 spiro atoms. The Hall–Kier alpha value is -0.0800. The second-order valence-electron chi connectivity index (χ2n) is 6.47. The fraction of sp³-hybridized carbons (Fsp3) is 1.00. The monoisotopic (exact) mass is 223 g/mol. The first-order valence-corrected chi connectivity index (χ1v) is 7.31. The van der Waals surface area contributed by atoms with Crippen LogP contribution >= 0.6 is 0 Å². The zero-order valence-corrected chi connectivity index (χ0v) is 10.5. The van der Waals surface area contributed by atoms with Crippen LogP contribution in [0, 0.1) is 23.0 Å². The van der Waals surface area contributed by atoms with Crippen LogP contribution in [0.1, 0.15) is 58.3 Å². The Morgan fingerprint density at radius 3 is 2.56 bits per heavy atom. The minimum Gasteiger partial charge on any atom is -0.634 e. The highest BCUT2D eigenvalue weighted by Gasteiger charge is 2.46. The van der Waals surface area contributed by atoms with E-state index in [-0.39, 0.29) is 0 Å². The smallest absolute Gasteiger partial charge is 0.0905 e. The molecule has 0 amide bonds. The van der Waals surface area contributed by atoms with Crippen LogP contribution in [-0.4, -0.2) is 12.1 Å². The Labute approximate surface area is 99.0 Å². The minimum atomic E-state index is 0.461. The highest BCUT2D eigenvalue weighted by molar-refractivity contribution is 4.90. The van der Waals surface area contributed by atoms with Crippen LogP contribution in [0.5, 0.6) is 0 Å². The van der Waals surface area contributed by atoms with Crippen LogP contribution in [0.25, 0.3) is 0 Å². The third-order valence-corrected chi connectivity index (χ3v) is 5.64. The molecule has 1 N–H and O–H groups in total. The van der Waals surface area contributed by atoms with Crippen molar-refractivity contribution >= 4 is 0 Å². The van der Waals surface area contributed by atoms with Gasteiger partial charge in [0.05, 0.1) is 12.1 Å². The van der Waals surface area contributed by atoms with Gasteiger partial charge in [0.25, 0.3) is 0 Å². The summed E-state index contributed by atoms with van der Waals surface area (Å²) in [6.45, 7) is 2.38. The molecule has 0 aromatic rings. The molecular formula is C14H25NO. The first kappa shape index (κ1) is 11.0. The Bertz CT molecular complexity index is 255. The van der Waals surface area contributed by atoms with Crippen molar-refractivity contribution in [2.24, 2.45) is 17.8 Å². The molecule has 1 heterocycles. The molecule has 3 aliphatic rings. The van der Waals surface area contributed by atoms with Gasteiger partial charge in [-0.1, -0.05) is 13.3 Å². The lowest BCUT2D eigenvalue weighted by atomic mass is 9.65. The summed E-state index contributed by atoms with van der Waals surface area (Å²) in [6, 6.07) is 0.934. The molecule has 0 radical (unpaired) electrons.